The number of H-pyrrole nitrogens is 1. The SMILES string of the molecule is Cc1n[nH]c(C)c1S(=O)(=O)N1CCCC(C(=O)N2CCCNCC2)C1.Cl. The second-order valence-corrected chi connectivity index (χ2v) is 8.77. The highest BCUT2D eigenvalue weighted by Crippen LogP contribution is 2.27. The van der Waals surface area contributed by atoms with Crippen LogP contribution in [0.4, 0.5) is 0 Å². The summed E-state index contributed by atoms with van der Waals surface area (Å²) >= 11 is 0. The Labute approximate surface area is 161 Å². The van der Waals surface area contributed by atoms with Crippen LogP contribution in [0.2, 0.25) is 0 Å². The number of hydrogen-bond acceptors (Lipinski definition) is 5. The molecule has 0 spiro atoms. The normalized spacial score (nSPS) is 22.5. The number of nitrogens with one attached hydrogen (secondary N) is 2. The fraction of sp³-hybridized carbons (Fsp3) is 0.750. The molecule has 0 aliphatic carbocycles. The topological polar surface area (TPSA) is 98.4 Å². The third kappa shape index (κ3) is 4.21. The number of carbonyl (C=O) groups is 1. The first-order valence-corrected chi connectivity index (χ1v) is 10.4. The number of halogens is 1. The molecule has 0 aromatic carbocycles. The second-order valence-electron chi connectivity index (χ2n) is 6.89. The Bertz CT molecular complexity index is 709. The molecule has 1 aromatic heterocycles. The molecule has 3 rings (SSSR count). The Morgan fingerprint density at radius 2 is 1.92 bits per heavy atom. The fourth-order valence-electron chi connectivity index (χ4n) is 3.74. The van der Waals surface area contributed by atoms with Crippen LogP contribution < -0.4 is 5.32 Å². The van der Waals surface area contributed by atoms with Crippen LogP contribution in [0.5, 0.6) is 0 Å². The van der Waals surface area contributed by atoms with E-state index in [2.05, 4.69) is 15.5 Å². The maximum Gasteiger partial charge on any atom is 0.246 e. The van der Waals surface area contributed by atoms with Crippen molar-refractivity contribution in [2.24, 2.45) is 5.92 Å². The van der Waals surface area contributed by atoms with Gasteiger partial charge >= 0.3 is 0 Å². The fourth-order valence-corrected chi connectivity index (χ4v) is 5.59. The predicted molar refractivity (Wildman–Crippen MR) is 101 cm³/mol. The Morgan fingerprint density at radius 3 is 2.62 bits per heavy atom. The van der Waals surface area contributed by atoms with E-state index in [1.165, 1.54) is 4.31 Å². The summed E-state index contributed by atoms with van der Waals surface area (Å²) in [6.07, 6.45) is 2.39. The zero-order chi connectivity index (χ0) is 18.0. The monoisotopic (exact) mass is 405 g/mol. The molecule has 1 unspecified atom stereocenters. The molecule has 148 valence electrons. The van der Waals surface area contributed by atoms with Crippen LogP contribution in [0, 0.1) is 19.8 Å². The molecule has 1 aromatic rings. The zero-order valence-electron chi connectivity index (χ0n) is 15.3. The first-order chi connectivity index (χ1) is 11.9. The minimum atomic E-state index is -3.63. The largest absolute Gasteiger partial charge is 0.341 e. The molecule has 1 atom stereocenters. The van der Waals surface area contributed by atoms with Crippen molar-refractivity contribution in [2.75, 3.05) is 39.3 Å². The van der Waals surface area contributed by atoms with Crippen molar-refractivity contribution in [2.45, 2.75) is 38.0 Å². The summed E-state index contributed by atoms with van der Waals surface area (Å²) < 4.78 is 27.5. The molecule has 0 saturated carbocycles. The number of sulfonamides is 1. The maximum absolute atomic E-state index is 13.0. The van der Waals surface area contributed by atoms with Gasteiger partial charge in [-0.2, -0.15) is 9.40 Å². The van der Waals surface area contributed by atoms with Crippen molar-refractivity contribution in [3.8, 4) is 0 Å². The van der Waals surface area contributed by atoms with Crippen LogP contribution in [0.25, 0.3) is 0 Å². The van der Waals surface area contributed by atoms with Gasteiger partial charge in [-0.15, -0.1) is 12.4 Å². The molecule has 0 bridgehead atoms. The van der Waals surface area contributed by atoms with Crippen LogP contribution >= 0.6 is 12.4 Å². The van der Waals surface area contributed by atoms with Gasteiger partial charge in [0.1, 0.15) is 4.90 Å². The molecular weight excluding hydrogens is 378 g/mol. The summed E-state index contributed by atoms with van der Waals surface area (Å²) in [5, 5.41) is 10.0. The van der Waals surface area contributed by atoms with Crippen molar-refractivity contribution in [1.29, 1.82) is 0 Å². The summed E-state index contributed by atoms with van der Waals surface area (Å²) in [6.45, 7) is 7.28. The van der Waals surface area contributed by atoms with Crippen LogP contribution in [-0.2, 0) is 14.8 Å². The van der Waals surface area contributed by atoms with E-state index in [1.54, 1.807) is 13.8 Å². The third-order valence-electron chi connectivity index (χ3n) is 5.04. The number of nitrogens with zero attached hydrogens (tertiary/aromatic N) is 3. The lowest BCUT2D eigenvalue weighted by atomic mass is 9.98. The van der Waals surface area contributed by atoms with Gasteiger partial charge in [0.25, 0.3) is 0 Å². The lowest BCUT2D eigenvalue weighted by molar-refractivity contribution is -0.136. The Balaban J connectivity index is 0.00000243. The number of carbonyl (C=O) groups excluding carboxylic acids is 1. The first kappa shape index (κ1) is 21.1. The van der Waals surface area contributed by atoms with E-state index >= 15 is 0 Å². The van der Waals surface area contributed by atoms with Gasteiger partial charge in [-0.25, -0.2) is 8.42 Å². The van der Waals surface area contributed by atoms with E-state index in [1.807, 2.05) is 4.90 Å². The first-order valence-electron chi connectivity index (χ1n) is 8.92. The Hall–Kier alpha value is -1.16. The number of aromatic amines is 1. The molecule has 2 fully saturated rings. The molecule has 26 heavy (non-hydrogen) atoms. The van der Waals surface area contributed by atoms with Gasteiger partial charge in [0.15, 0.2) is 0 Å². The van der Waals surface area contributed by atoms with Crippen molar-refractivity contribution in [1.82, 2.24) is 24.7 Å². The molecule has 0 radical (unpaired) electrons. The predicted octanol–water partition coefficient (Wildman–Crippen LogP) is 0.671. The Morgan fingerprint density at radius 1 is 1.15 bits per heavy atom. The van der Waals surface area contributed by atoms with Crippen molar-refractivity contribution in [3.63, 3.8) is 0 Å². The third-order valence-corrected chi connectivity index (χ3v) is 7.17. The molecule has 8 nitrogen and oxygen atoms in total. The molecule has 10 heteroatoms. The number of amides is 1. The summed E-state index contributed by atoms with van der Waals surface area (Å²) in [5.74, 6) is -0.168. The van der Waals surface area contributed by atoms with Gasteiger partial charge in [0.2, 0.25) is 15.9 Å². The van der Waals surface area contributed by atoms with Crippen molar-refractivity contribution >= 4 is 28.3 Å². The Kier molecular flexibility index (Phi) is 7.06. The van der Waals surface area contributed by atoms with E-state index in [-0.39, 0.29) is 35.7 Å². The maximum atomic E-state index is 13.0. The number of piperidine rings is 1. The molecule has 2 aliphatic heterocycles. The van der Waals surface area contributed by atoms with Crippen LogP contribution in [0.3, 0.4) is 0 Å². The number of hydrogen-bond donors (Lipinski definition) is 2. The molecule has 3 heterocycles. The number of aryl methyl sites for hydroxylation is 2. The number of rotatable bonds is 3. The van der Waals surface area contributed by atoms with Gasteiger partial charge in [-0.1, -0.05) is 0 Å². The summed E-state index contributed by atoms with van der Waals surface area (Å²) in [7, 11) is -3.63. The van der Waals surface area contributed by atoms with E-state index < -0.39 is 10.0 Å². The van der Waals surface area contributed by atoms with E-state index in [0.29, 0.717) is 30.9 Å². The number of aromatic nitrogens is 2. The van der Waals surface area contributed by atoms with E-state index in [0.717, 1.165) is 32.5 Å². The quantitative estimate of drug-likeness (QED) is 0.770. The highest BCUT2D eigenvalue weighted by Gasteiger charge is 2.37. The lowest BCUT2D eigenvalue weighted by Crippen LogP contribution is -2.47. The lowest BCUT2D eigenvalue weighted by Gasteiger charge is -2.34. The van der Waals surface area contributed by atoms with Gasteiger partial charge in [0, 0.05) is 32.7 Å². The highest BCUT2D eigenvalue weighted by atomic mass is 35.5. The van der Waals surface area contributed by atoms with Crippen LogP contribution in [0.15, 0.2) is 4.90 Å². The second kappa shape index (κ2) is 8.69. The molecule has 2 N–H and O–H groups in total. The van der Waals surface area contributed by atoms with Crippen molar-refractivity contribution < 1.29 is 13.2 Å². The summed E-state index contributed by atoms with van der Waals surface area (Å²) in [5.41, 5.74) is 1.02. The van der Waals surface area contributed by atoms with Crippen LogP contribution in [-0.4, -0.2) is 73.0 Å². The zero-order valence-corrected chi connectivity index (χ0v) is 17.0. The van der Waals surface area contributed by atoms with Crippen LogP contribution in [0.1, 0.15) is 30.7 Å². The van der Waals surface area contributed by atoms with Gasteiger partial charge in [-0.05, 0) is 39.7 Å². The smallest absolute Gasteiger partial charge is 0.246 e. The summed E-state index contributed by atoms with van der Waals surface area (Å²) in [4.78, 5) is 15.0. The average molecular weight is 406 g/mol. The van der Waals surface area contributed by atoms with E-state index in [4.69, 9.17) is 0 Å². The average Bonchev–Trinajstić information content (AvgIpc) is 2.81. The summed E-state index contributed by atoms with van der Waals surface area (Å²) in [6, 6.07) is 0. The molecule has 1 amide bonds. The molecular formula is C16H28ClN5O3S. The minimum Gasteiger partial charge on any atom is -0.341 e. The van der Waals surface area contributed by atoms with Gasteiger partial charge < -0.3 is 10.2 Å². The highest BCUT2D eigenvalue weighted by molar-refractivity contribution is 7.89. The van der Waals surface area contributed by atoms with Gasteiger partial charge in [0.05, 0.1) is 17.3 Å². The van der Waals surface area contributed by atoms with E-state index in [9.17, 15) is 13.2 Å². The minimum absolute atomic E-state index is 0. The van der Waals surface area contributed by atoms with Gasteiger partial charge in [-0.3, -0.25) is 9.89 Å². The molecule has 2 saturated heterocycles. The van der Waals surface area contributed by atoms with Crippen molar-refractivity contribution in [3.05, 3.63) is 11.4 Å². The standard InChI is InChI=1S/C16H27N5O3S.ClH/c1-12-15(13(2)19-18-12)25(23,24)21-9-3-5-14(11-21)16(22)20-8-4-6-17-7-10-20;/h14,17H,3-11H2,1-2H3,(H,18,19);1H. The molecule has 2 aliphatic rings.